The second-order valence-corrected chi connectivity index (χ2v) is 5.62. The number of carbonyl (C=O) groups excluding carboxylic acids is 1. The van der Waals surface area contributed by atoms with Crippen molar-refractivity contribution in [3.63, 3.8) is 0 Å². The number of Topliss-reactive ketones (excluding diaryl/α,β-unsaturated/α-hetero) is 1. The fraction of sp³-hybridized carbons (Fsp3) is 0.471. The predicted octanol–water partition coefficient (Wildman–Crippen LogP) is 2.72. The highest BCUT2D eigenvalue weighted by atomic mass is 16.3. The van der Waals surface area contributed by atoms with Crippen LogP contribution in [0.15, 0.2) is 42.5 Å². The van der Waals surface area contributed by atoms with Crippen LogP contribution in [0.25, 0.3) is 0 Å². The van der Waals surface area contributed by atoms with E-state index in [1.165, 1.54) is 0 Å². The minimum absolute atomic E-state index is 0.161. The molecule has 0 spiro atoms. The lowest BCUT2D eigenvalue weighted by Crippen LogP contribution is -2.43. The molecule has 20 heavy (non-hydrogen) atoms. The Morgan fingerprint density at radius 1 is 1.40 bits per heavy atom. The molecule has 1 aromatic carbocycles. The number of ketones is 1. The van der Waals surface area contributed by atoms with E-state index in [0.717, 1.165) is 12.0 Å². The molecular weight excluding hydrogens is 250 g/mol. The van der Waals surface area contributed by atoms with E-state index in [-0.39, 0.29) is 17.9 Å². The van der Waals surface area contributed by atoms with Crippen molar-refractivity contribution in [3.8, 4) is 0 Å². The molecule has 0 aliphatic carbocycles. The van der Waals surface area contributed by atoms with Crippen LogP contribution in [-0.2, 0) is 4.79 Å². The molecule has 1 N–H and O–H groups in total. The molecule has 0 radical (unpaired) electrons. The zero-order chi connectivity index (χ0) is 14.5. The van der Waals surface area contributed by atoms with Crippen LogP contribution in [0, 0.1) is 0 Å². The lowest BCUT2D eigenvalue weighted by molar-refractivity contribution is -0.118. The summed E-state index contributed by atoms with van der Waals surface area (Å²) in [6.07, 6.45) is 5.95. The van der Waals surface area contributed by atoms with E-state index >= 15 is 0 Å². The monoisotopic (exact) mass is 273 g/mol. The molecule has 3 nitrogen and oxygen atoms in total. The maximum Gasteiger partial charge on any atom is 0.131 e. The molecule has 1 aromatic rings. The maximum atomic E-state index is 11.3. The van der Waals surface area contributed by atoms with Crippen molar-refractivity contribution >= 4 is 5.78 Å². The molecule has 0 unspecified atom stereocenters. The Kier molecular flexibility index (Phi) is 5.10. The number of aliphatic hydroxyl groups is 1. The van der Waals surface area contributed by atoms with Crippen molar-refractivity contribution in [2.45, 2.75) is 44.4 Å². The number of rotatable bonds is 5. The first kappa shape index (κ1) is 14.9. The van der Waals surface area contributed by atoms with Crippen LogP contribution in [0.1, 0.15) is 37.9 Å². The number of nitrogens with zero attached hydrogens (tertiary/aromatic N) is 1. The third-order valence-corrected chi connectivity index (χ3v) is 4.04. The molecule has 1 aliphatic rings. The molecule has 3 atom stereocenters. The van der Waals surface area contributed by atoms with Gasteiger partial charge >= 0.3 is 0 Å². The fourth-order valence-electron chi connectivity index (χ4n) is 2.80. The molecule has 108 valence electrons. The van der Waals surface area contributed by atoms with Crippen molar-refractivity contribution in [1.29, 1.82) is 0 Å². The fourth-order valence-corrected chi connectivity index (χ4v) is 2.80. The number of likely N-dealkylation sites (N-methyl/N-ethyl adjacent to an activating group) is 1. The second kappa shape index (κ2) is 6.82. The van der Waals surface area contributed by atoms with Crippen molar-refractivity contribution in [3.05, 3.63) is 48.0 Å². The van der Waals surface area contributed by atoms with Gasteiger partial charge in [-0.3, -0.25) is 9.69 Å². The normalized spacial score (nSPS) is 24.6. The Balaban J connectivity index is 1.99. The average molecular weight is 273 g/mol. The van der Waals surface area contributed by atoms with Gasteiger partial charge in [0, 0.05) is 18.5 Å². The van der Waals surface area contributed by atoms with E-state index < -0.39 is 6.10 Å². The molecule has 0 saturated heterocycles. The number of benzene rings is 1. The average Bonchev–Trinajstić information content (AvgIpc) is 2.43. The SMILES string of the molecule is CC(=O)C[C@@H]1C=CC[C@@H](C[C@H](O)c2ccccc2)N1C. The summed E-state index contributed by atoms with van der Waals surface area (Å²) in [6.45, 7) is 1.63. The summed E-state index contributed by atoms with van der Waals surface area (Å²) in [4.78, 5) is 13.5. The first-order valence-corrected chi connectivity index (χ1v) is 7.19. The number of hydrogen-bond donors (Lipinski definition) is 1. The number of aliphatic hydroxyl groups excluding tert-OH is 1. The largest absolute Gasteiger partial charge is 0.388 e. The van der Waals surface area contributed by atoms with Gasteiger partial charge in [0.25, 0.3) is 0 Å². The number of hydrogen-bond acceptors (Lipinski definition) is 3. The molecule has 0 amide bonds. The van der Waals surface area contributed by atoms with E-state index in [4.69, 9.17) is 0 Å². The quantitative estimate of drug-likeness (QED) is 0.839. The zero-order valence-corrected chi connectivity index (χ0v) is 12.2. The van der Waals surface area contributed by atoms with Gasteiger partial charge in [-0.15, -0.1) is 0 Å². The summed E-state index contributed by atoms with van der Waals surface area (Å²) in [5.74, 6) is 0.204. The van der Waals surface area contributed by atoms with Crippen LogP contribution in [0.3, 0.4) is 0 Å². The Morgan fingerprint density at radius 3 is 2.75 bits per heavy atom. The van der Waals surface area contributed by atoms with Crippen LogP contribution >= 0.6 is 0 Å². The second-order valence-electron chi connectivity index (χ2n) is 5.62. The van der Waals surface area contributed by atoms with Crippen LogP contribution in [0.2, 0.25) is 0 Å². The summed E-state index contributed by atoms with van der Waals surface area (Å²) in [5, 5.41) is 10.3. The highest BCUT2D eigenvalue weighted by molar-refractivity contribution is 5.76. The summed E-state index contributed by atoms with van der Waals surface area (Å²) >= 11 is 0. The lowest BCUT2D eigenvalue weighted by Gasteiger charge is -2.37. The summed E-state index contributed by atoms with van der Waals surface area (Å²) in [7, 11) is 2.04. The van der Waals surface area contributed by atoms with Crippen molar-refractivity contribution in [1.82, 2.24) is 4.90 Å². The molecular formula is C17H23NO2. The van der Waals surface area contributed by atoms with Gasteiger partial charge in [-0.2, -0.15) is 0 Å². The standard InChI is InChI=1S/C17H23NO2/c1-13(19)11-15-9-6-10-16(18(15)2)12-17(20)14-7-4-3-5-8-14/h3-9,15-17,20H,10-12H2,1-2H3/t15-,16-,17-/m0/s1. The van der Waals surface area contributed by atoms with Crippen molar-refractivity contribution in [2.75, 3.05) is 7.05 Å². The smallest absolute Gasteiger partial charge is 0.131 e. The van der Waals surface area contributed by atoms with Crippen LogP contribution < -0.4 is 0 Å². The van der Waals surface area contributed by atoms with Gasteiger partial charge in [0.05, 0.1) is 6.10 Å². The molecule has 1 aliphatic heterocycles. The Bertz CT molecular complexity index is 469. The maximum absolute atomic E-state index is 11.3. The van der Waals surface area contributed by atoms with Gasteiger partial charge in [-0.25, -0.2) is 0 Å². The minimum Gasteiger partial charge on any atom is -0.388 e. The number of carbonyl (C=O) groups is 1. The molecule has 0 bridgehead atoms. The third kappa shape index (κ3) is 3.78. The van der Waals surface area contributed by atoms with E-state index in [0.29, 0.717) is 12.8 Å². The lowest BCUT2D eigenvalue weighted by atomic mass is 9.93. The van der Waals surface area contributed by atoms with Gasteiger partial charge in [-0.05, 0) is 32.4 Å². The summed E-state index contributed by atoms with van der Waals surface area (Å²) < 4.78 is 0. The van der Waals surface area contributed by atoms with Gasteiger partial charge in [0.1, 0.15) is 5.78 Å². The molecule has 3 heteroatoms. The topological polar surface area (TPSA) is 40.5 Å². The van der Waals surface area contributed by atoms with E-state index in [1.807, 2.05) is 37.4 Å². The van der Waals surface area contributed by atoms with Crippen molar-refractivity contribution < 1.29 is 9.90 Å². The Labute approximate surface area is 120 Å². The molecule has 0 fully saturated rings. The van der Waals surface area contributed by atoms with Crippen molar-refractivity contribution in [2.24, 2.45) is 0 Å². The molecule has 2 rings (SSSR count). The highest BCUT2D eigenvalue weighted by Gasteiger charge is 2.26. The summed E-state index contributed by atoms with van der Waals surface area (Å²) in [6, 6.07) is 10.2. The van der Waals surface area contributed by atoms with Gasteiger partial charge in [0.15, 0.2) is 0 Å². The van der Waals surface area contributed by atoms with Crippen LogP contribution in [0.5, 0.6) is 0 Å². The van der Waals surface area contributed by atoms with Crippen LogP contribution in [-0.4, -0.2) is 34.9 Å². The van der Waals surface area contributed by atoms with Gasteiger partial charge in [-0.1, -0.05) is 42.5 Å². The van der Waals surface area contributed by atoms with E-state index in [1.54, 1.807) is 6.92 Å². The zero-order valence-electron chi connectivity index (χ0n) is 12.2. The molecule has 0 saturated carbocycles. The van der Waals surface area contributed by atoms with Gasteiger partial charge < -0.3 is 5.11 Å². The minimum atomic E-state index is -0.451. The van der Waals surface area contributed by atoms with Crippen LogP contribution in [0.4, 0.5) is 0 Å². The Hall–Kier alpha value is -1.45. The molecule has 0 aromatic heterocycles. The predicted molar refractivity (Wildman–Crippen MR) is 80.4 cm³/mol. The third-order valence-electron chi connectivity index (χ3n) is 4.04. The van der Waals surface area contributed by atoms with E-state index in [9.17, 15) is 9.90 Å². The highest BCUT2D eigenvalue weighted by Crippen LogP contribution is 2.26. The Morgan fingerprint density at radius 2 is 2.10 bits per heavy atom. The summed E-state index contributed by atoms with van der Waals surface area (Å²) in [5.41, 5.74) is 0.957. The van der Waals surface area contributed by atoms with E-state index in [2.05, 4.69) is 17.1 Å². The molecule has 1 heterocycles. The van der Waals surface area contributed by atoms with Gasteiger partial charge in [0.2, 0.25) is 0 Å². The first-order valence-electron chi connectivity index (χ1n) is 7.19. The first-order chi connectivity index (χ1) is 9.58.